The number of thiazole rings is 1. The van der Waals surface area contributed by atoms with E-state index in [1.54, 1.807) is 11.3 Å². The van der Waals surface area contributed by atoms with Crippen LogP contribution in [-0.2, 0) is 4.79 Å². The Labute approximate surface area is 115 Å². The van der Waals surface area contributed by atoms with Gasteiger partial charge >= 0.3 is 0 Å². The summed E-state index contributed by atoms with van der Waals surface area (Å²) >= 11 is 3.15. The molecular weight excluding hydrogens is 264 g/mol. The van der Waals surface area contributed by atoms with Gasteiger partial charge in [-0.3, -0.25) is 4.79 Å². The van der Waals surface area contributed by atoms with Gasteiger partial charge in [-0.25, -0.2) is 4.98 Å². The van der Waals surface area contributed by atoms with Crippen LogP contribution in [0.3, 0.4) is 0 Å². The Morgan fingerprint density at radius 2 is 2.11 bits per heavy atom. The van der Waals surface area contributed by atoms with Crippen molar-refractivity contribution in [2.24, 2.45) is 0 Å². The predicted octanol–water partition coefficient (Wildman–Crippen LogP) is 3.42. The molecule has 2 aromatic rings. The first kappa shape index (κ1) is 13.1. The molecule has 1 amide bonds. The number of aryl methyl sites for hydroxylation is 1. The summed E-state index contributed by atoms with van der Waals surface area (Å²) in [7, 11) is 0. The number of amides is 1. The lowest BCUT2D eigenvalue weighted by molar-refractivity contribution is -0.113. The number of hydrogen-bond acceptors (Lipinski definition) is 4. The van der Waals surface area contributed by atoms with E-state index < -0.39 is 0 Å². The van der Waals surface area contributed by atoms with Crippen molar-refractivity contribution in [2.75, 3.05) is 17.3 Å². The van der Waals surface area contributed by atoms with Gasteiger partial charge in [-0.15, -0.1) is 11.3 Å². The molecule has 0 atom stereocenters. The van der Waals surface area contributed by atoms with Crippen molar-refractivity contribution in [3.8, 4) is 11.3 Å². The number of nitrogens with zero attached hydrogens (tertiary/aromatic N) is 1. The molecule has 0 bridgehead atoms. The number of aromatic nitrogens is 1. The van der Waals surface area contributed by atoms with Gasteiger partial charge in [-0.05, 0) is 25.3 Å². The van der Waals surface area contributed by atoms with E-state index in [0.29, 0.717) is 5.75 Å². The van der Waals surface area contributed by atoms with E-state index in [1.165, 1.54) is 11.8 Å². The second-order valence-electron chi connectivity index (χ2n) is 3.81. The van der Waals surface area contributed by atoms with Crippen molar-refractivity contribution in [3.63, 3.8) is 0 Å². The molecule has 0 saturated heterocycles. The van der Waals surface area contributed by atoms with Crippen molar-refractivity contribution >= 4 is 34.7 Å². The number of carbonyl (C=O) groups excluding carboxylic acids is 1. The van der Waals surface area contributed by atoms with Crippen LogP contribution in [0.25, 0.3) is 11.3 Å². The Bertz CT molecular complexity index is 534. The zero-order valence-electron chi connectivity index (χ0n) is 10.3. The molecule has 18 heavy (non-hydrogen) atoms. The number of benzene rings is 1. The molecule has 1 aromatic heterocycles. The molecule has 0 spiro atoms. The summed E-state index contributed by atoms with van der Waals surface area (Å²) in [6.07, 6.45) is 1.91. The van der Waals surface area contributed by atoms with Gasteiger partial charge in [0.25, 0.3) is 0 Å². The van der Waals surface area contributed by atoms with Gasteiger partial charge < -0.3 is 5.32 Å². The third-order valence-electron chi connectivity index (χ3n) is 2.36. The number of hydrogen-bond donors (Lipinski definition) is 1. The fourth-order valence-corrected chi connectivity index (χ4v) is 2.50. The number of thioether (sulfide) groups is 1. The van der Waals surface area contributed by atoms with Crippen molar-refractivity contribution in [1.82, 2.24) is 4.98 Å². The summed E-state index contributed by atoms with van der Waals surface area (Å²) in [5, 5.41) is 5.95. The van der Waals surface area contributed by atoms with Gasteiger partial charge in [0.05, 0.1) is 16.5 Å². The minimum absolute atomic E-state index is 0.0275. The molecule has 0 aliphatic heterocycles. The summed E-state index contributed by atoms with van der Waals surface area (Å²) < 4.78 is 0. The second-order valence-corrected chi connectivity index (χ2v) is 5.74. The molecule has 0 radical (unpaired) electrons. The van der Waals surface area contributed by atoms with Crippen molar-refractivity contribution in [3.05, 3.63) is 34.7 Å². The first-order valence-corrected chi connectivity index (χ1v) is 7.78. The number of rotatable bonds is 4. The molecule has 1 heterocycles. The standard InChI is InChI=1S/C13H14N2OS2/c1-9-14-12(7-18-9)10-3-5-11(6-4-10)15-13(16)8-17-2/h3-7H,8H2,1-2H3,(H,15,16). The topological polar surface area (TPSA) is 42.0 Å². The van der Waals surface area contributed by atoms with Crippen LogP contribution in [0.5, 0.6) is 0 Å². The average Bonchev–Trinajstić information content (AvgIpc) is 2.77. The number of anilines is 1. The SMILES string of the molecule is CSCC(=O)Nc1ccc(-c2csc(C)n2)cc1. The summed E-state index contributed by atoms with van der Waals surface area (Å²) in [5.74, 6) is 0.507. The zero-order valence-corrected chi connectivity index (χ0v) is 11.9. The molecule has 0 aliphatic rings. The van der Waals surface area contributed by atoms with Crippen LogP contribution >= 0.6 is 23.1 Å². The van der Waals surface area contributed by atoms with Crippen LogP contribution in [0.4, 0.5) is 5.69 Å². The lowest BCUT2D eigenvalue weighted by atomic mass is 10.1. The highest BCUT2D eigenvalue weighted by atomic mass is 32.2. The van der Waals surface area contributed by atoms with Crippen molar-refractivity contribution in [1.29, 1.82) is 0 Å². The maximum absolute atomic E-state index is 11.4. The lowest BCUT2D eigenvalue weighted by Crippen LogP contribution is -2.13. The third-order valence-corrected chi connectivity index (χ3v) is 3.68. The first-order chi connectivity index (χ1) is 8.69. The number of nitrogens with one attached hydrogen (secondary N) is 1. The highest BCUT2D eigenvalue weighted by Crippen LogP contribution is 2.23. The van der Waals surface area contributed by atoms with Crippen LogP contribution in [0, 0.1) is 6.92 Å². The molecule has 0 fully saturated rings. The van der Waals surface area contributed by atoms with Gasteiger partial charge in [-0.1, -0.05) is 12.1 Å². The van der Waals surface area contributed by atoms with Crippen LogP contribution < -0.4 is 5.32 Å². The van der Waals surface area contributed by atoms with E-state index in [2.05, 4.69) is 10.3 Å². The summed E-state index contributed by atoms with van der Waals surface area (Å²) in [6.45, 7) is 1.99. The molecule has 0 aliphatic carbocycles. The lowest BCUT2D eigenvalue weighted by Gasteiger charge is -2.04. The molecule has 3 nitrogen and oxygen atoms in total. The van der Waals surface area contributed by atoms with Crippen molar-refractivity contribution < 1.29 is 4.79 Å². The first-order valence-electron chi connectivity index (χ1n) is 5.50. The molecule has 0 saturated carbocycles. The Morgan fingerprint density at radius 1 is 1.39 bits per heavy atom. The summed E-state index contributed by atoms with van der Waals surface area (Å²) in [6, 6.07) is 7.76. The van der Waals surface area contributed by atoms with Crippen LogP contribution in [0.2, 0.25) is 0 Å². The molecular formula is C13H14N2OS2. The third kappa shape index (κ3) is 3.34. The Morgan fingerprint density at radius 3 is 2.67 bits per heavy atom. The molecule has 2 rings (SSSR count). The van der Waals surface area contributed by atoms with Crippen LogP contribution in [0.15, 0.2) is 29.6 Å². The minimum atomic E-state index is 0.0275. The van der Waals surface area contributed by atoms with Crippen molar-refractivity contribution in [2.45, 2.75) is 6.92 Å². The quantitative estimate of drug-likeness (QED) is 0.931. The maximum Gasteiger partial charge on any atom is 0.234 e. The van der Waals surface area contributed by atoms with E-state index >= 15 is 0 Å². The monoisotopic (exact) mass is 278 g/mol. The molecule has 0 unspecified atom stereocenters. The molecule has 94 valence electrons. The van der Waals surface area contributed by atoms with E-state index in [9.17, 15) is 4.79 Å². The summed E-state index contributed by atoms with van der Waals surface area (Å²) in [4.78, 5) is 15.9. The van der Waals surface area contributed by atoms with E-state index in [0.717, 1.165) is 22.0 Å². The Balaban J connectivity index is 2.08. The van der Waals surface area contributed by atoms with Crippen LogP contribution in [0.1, 0.15) is 5.01 Å². The van der Waals surface area contributed by atoms with E-state index in [-0.39, 0.29) is 5.91 Å². The smallest absolute Gasteiger partial charge is 0.234 e. The second kappa shape index (κ2) is 6.02. The zero-order chi connectivity index (χ0) is 13.0. The van der Waals surface area contributed by atoms with Crippen LogP contribution in [-0.4, -0.2) is 22.9 Å². The Kier molecular flexibility index (Phi) is 4.38. The number of carbonyl (C=O) groups is 1. The highest BCUT2D eigenvalue weighted by Gasteiger charge is 2.04. The predicted molar refractivity (Wildman–Crippen MR) is 79.3 cm³/mol. The van der Waals surface area contributed by atoms with E-state index in [1.807, 2.05) is 42.8 Å². The molecule has 1 N–H and O–H groups in total. The van der Waals surface area contributed by atoms with Gasteiger partial charge in [0.15, 0.2) is 0 Å². The minimum Gasteiger partial charge on any atom is -0.325 e. The fourth-order valence-electron chi connectivity index (χ4n) is 1.55. The van der Waals surface area contributed by atoms with E-state index in [4.69, 9.17) is 0 Å². The normalized spacial score (nSPS) is 10.3. The largest absolute Gasteiger partial charge is 0.325 e. The fraction of sp³-hybridized carbons (Fsp3) is 0.231. The van der Waals surface area contributed by atoms with Gasteiger partial charge in [0.1, 0.15) is 0 Å². The average molecular weight is 278 g/mol. The van der Waals surface area contributed by atoms with Gasteiger partial charge in [0.2, 0.25) is 5.91 Å². The van der Waals surface area contributed by atoms with Gasteiger partial charge in [0, 0.05) is 16.6 Å². The summed E-state index contributed by atoms with van der Waals surface area (Å²) in [5.41, 5.74) is 2.88. The molecule has 1 aromatic carbocycles. The highest BCUT2D eigenvalue weighted by molar-refractivity contribution is 7.99. The Hall–Kier alpha value is -1.33. The maximum atomic E-state index is 11.4. The molecule has 5 heteroatoms. The van der Waals surface area contributed by atoms with Gasteiger partial charge in [-0.2, -0.15) is 11.8 Å².